The largest absolute Gasteiger partial charge is 0.452 e. The Morgan fingerprint density at radius 2 is 1.62 bits per heavy atom. The molecule has 3 rings (SSSR count). The molecule has 2 fully saturated rings. The number of rotatable bonds is 6. The lowest BCUT2D eigenvalue weighted by Gasteiger charge is -2.27. The molecule has 1 aromatic rings. The number of amides is 1. The van der Waals surface area contributed by atoms with E-state index in [-0.39, 0.29) is 23.0 Å². The summed E-state index contributed by atoms with van der Waals surface area (Å²) >= 11 is 0. The van der Waals surface area contributed by atoms with Crippen LogP contribution in [-0.2, 0) is 19.6 Å². The van der Waals surface area contributed by atoms with Crippen LogP contribution in [0.25, 0.3) is 0 Å². The molecule has 0 unspecified atom stereocenters. The van der Waals surface area contributed by atoms with Gasteiger partial charge < -0.3 is 14.5 Å². The van der Waals surface area contributed by atoms with E-state index in [0.29, 0.717) is 18.8 Å². The lowest BCUT2D eigenvalue weighted by Crippen LogP contribution is -2.35. The molecule has 2 heterocycles. The van der Waals surface area contributed by atoms with Crippen molar-refractivity contribution in [3.63, 3.8) is 0 Å². The fraction of sp³-hybridized carbons (Fsp3) is 0.600. The van der Waals surface area contributed by atoms with Crippen molar-refractivity contribution in [1.29, 1.82) is 0 Å². The minimum absolute atomic E-state index is 0.0910. The summed E-state index contributed by atoms with van der Waals surface area (Å²) in [4.78, 5) is 28.1. The molecule has 0 N–H and O–H groups in total. The van der Waals surface area contributed by atoms with E-state index in [1.54, 1.807) is 26.2 Å². The predicted octanol–water partition coefficient (Wildman–Crippen LogP) is 1.71. The summed E-state index contributed by atoms with van der Waals surface area (Å²) in [5, 5.41) is 0. The van der Waals surface area contributed by atoms with Gasteiger partial charge in [0.1, 0.15) is 0 Å². The number of nitrogens with zero attached hydrogens (tertiary/aromatic N) is 3. The maximum Gasteiger partial charge on any atom is 0.340 e. The number of esters is 1. The van der Waals surface area contributed by atoms with Crippen molar-refractivity contribution in [1.82, 2.24) is 9.21 Å². The van der Waals surface area contributed by atoms with Crippen LogP contribution < -0.4 is 4.90 Å². The van der Waals surface area contributed by atoms with E-state index in [0.717, 1.165) is 45.2 Å². The van der Waals surface area contributed by atoms with Gasteiger partial charge in [0, 0.05) is 40.3 Å². The topological polar surface area (TPSA) is 87.2 Å². The van der Waals surface area contributed by atoms with Gasteiger partial charge in [-0.15, -0.1) is 0 Å². The van der Waals surface area contributed by atoms with Crippen LogP contribution in [0.2, 0.25) is 0 Å². The molecule has 8 nitrogen and oxygen atoms in total. The van der Waals surface area contributed by atoms with Crippen molar-refractivity contribution in [2.75, 3.05) is 51.8 Å². The summed E-state index contributed by atoms with van der Waals surface area (Å²) < 4.78 is 32.8. The summed E-state index contributed by atoms with van der Waals surface area (Å²) in [5.74, 6) is -1.02. The third-order valence-corrected chi connectivity index (χ3v) is 7.31. The molecule has 0 bridgehead atoms. The van der Waals surface area contributed by atoms with E-state index in [1.165, 1.54) is 15.3 Å². The first-order valence-electron chi connectivity index (χ1n) is 10.1. The van der Waals surface area contributed by atoms with Gasteiger partial charge in [-0.3, -0.25) is 4.79 Å². The lowest BCUT2D eigenvalue weighted by molar-refractivity contribution is -0.131. The Kier molecular flexibility index (Phi) is 6.79. The van der Waals surface area contributed by atoms with Gasteiger partial charge in [0.15, 0.2) is 6.61 Å². The number of ether oxygens (including phenoxy) is 1. The number of sulfonamides is 1. The normalized spacial score (nSPS) is 17.9. The van der Waals surface area contributed by atoms with Crippen molar-refractivity contribution >= 4 is 27.6 Å². The van der Waals surface area contributed by atoms with E-state index >= 15 is 0 Å². The number of hydrogen-bond donors (Lipinski definition) is 0. The first-order valence-corrected chi connectivity index (χ1v) is 11.5. The highest BCUT2D eigenvalue weighted by molar-refractivity contribution is 7.89. The predicted molar refractivity (Wildman–Crippen MR) is 109 cm³/mol. The second kappa shape index (κ2) is 9.13. The Morgan fingerprint density at radius 1 is 1.00 bits per heavy atom. The second-order valence-corrected chi connectivity index (χ2v) is 9.64. The van der Waals surface area contributed by atoms with Gasteiger partial charge in [-0.05, 0) is 43.9 Å². The van der Waals surface area contributed by atoms with Crippen LogP contribution in [0, 0.1) is 0 Å². The molecule has 0 spiro atoms. The Bertz CT molecular complexity index is 857. The summed E-state index contributed by atoms with van der Waals surface area (Å²) in [6, 6.07) is 4.66. The average Bonchev–Trinajstić information content (AvgIpc) is 3.26. The number of carbonyl (C=O) groups excluding carboxylic acids is 2. The highest BCUT2D eigenvalue weighted by atomic mass is 32.2. The molecule has 0 aromatic heterocycles. The Hall–Kier alpha value is -2.13. The van der Waals surface area contributed by atoms with Crippen LogP contribution in [-0.4, -0.2) is 76.4 Å². The summed E-state index contributed by atoms with van der Waals surface area (Å²) in [7, 11) is -0.509. The van der Waals surface area contributed by atoms with Crippen molar-refractivity contribution in [3.05, 3.63) is 23.8 Å². The van der Waals surface area contributed by atoms with Crippen LogP contribution in [0.4, 0.5) is 5.69 Å². The lowest BCUT2D eigenvalue weighted by atomic mass is 10.1. The van der Waals surface area contributed by atoms with Gasteiger partial charge in [-0.2, -0.15) is 4.31 Å². The molecule has 160 valence electrons. The van der Waals surface area contributed by atoms with E-state index in [1.807, 2.05) is 0 Å². The number of benzene rings is 1. The zero-order valence-electron chi connectivity index (χ0n) is 17.1. The minimum Gasteiger partial charge on any atom is -0.452 e. The Labute approximate surface area is 172 Å². The van der Waals surface area contributed by atoms with Gasteiger partial charge in [0.25, 0.3) is 5.91 Å². The maximum atomic E-state index is 13.0. The first kappa shape index (κ1) is 21.6. The second-order valence-electron chi connectivity index (χ2n) is 7.70. The van der Waals surface area contributed by atoms with Gasteiger partial charge >= 0.3 is 5.97 Å². The number of likely N-dealkylation sites (N-methyl/N-ethyl adjacent to an activating group) is 1. The van der Waals surface area contributed by atoms with Crippen molar-refractivity contribution < 1.29 is 22.7 Å². The zero-order chi connectivity index (χ0) is 21.0. The highest BCUT2D eigenvalue weighted by Gasteiger charge is 2.29. The number of anilines is 1. The van der Waals surface area contributed by atoms with Gasteiger partial charge in [0.05, 0.1) is 16.1 Å². The molecule has 1 amide bonds. The molecular weight excluding hydrogens is 394 g/mol. The maximum absolute atomic E-state index is 13.0. The molecule has 0 atom stereocenters. The number of hydrogen-bond acceptors (Lipinski definition) is 6. The van der Waals surface area contributed by atoms with E-state index in [4.69, 9.17) is 4.74 Å². The van der Waals surface area contributed by atoms with Crippen LogP contribution in [0.15, 0.2) is 23.1 Å². The summed E-state index contributed by atoms with van der Waals surface area (Å²) in [6.45, 7) is 2.21. The quantitative estimate of drug-likeness (QED) is 0.648. The molecule has 0 aliphatic carbocycles. The molecule has 29 heavy (non-hydrogen) atoms. The highest BCUT2D eigenvalue weighted by Crippen LogP contribution is 2.30. The third kappa shape index (κ3) is 4.90. The van der Waals surface area contributed by atoms with Crippen LogP contribution in [0.5, 0.6) is 0 Å². The molecular formula is C20H29N3O5S. The first-order chi connectivity index (χ1) is 13.8. The van der Waals surface area contributed by atoms with Gasteiger partial charge in [-0.1, -0.05) is 6.42 Å². The molecule has 2 aliphatic rings. The number of carbonyl (C=O) groups is 2. The van der Waals surface area contributed by atoms with E-state index < -0.39 is 16.0 Å². The summed E-state index contributed by atoms with van der Waals surface area (Å²) in [5.41, 5.74) is 0.846. The van der Waals surface area contributed by atoms with Crippen molar-refractivity contribution in [3.8, 4) is 0 Å². The molecule has 2 aliphatic heterocycles. The molecule has 0 saturated carbocycles. The zero-order valence-corrected chi connectivity index (χ0v) is 17.9. The molecule has 1 aromatic carbocycles. The number of piperidine rings is 1. The van der Waals surface area contributed by atoms with Crippen LogP contribution in [0.3, 0.4) is 0 Å². The Morgan fingerprint density at radius 3 is 2.24 bits per heavy atom. The summed E-state index contributed by atoms with van der Waals surface area (Å²) in [6.07, 6.45) is 4.74. The van der Waals surface area contributed by atoms with Crippen molar-refractivity contribution in [2.45, 2.75) is 37.0 Å². The molecule has 2 saturated heterocycles. The third-order valence-electron chi connectivity index (χ3n) is 5.41. The fourth-order valence-electron chi connectivity index (χ4n) is 3.66. The van der Waals surface area contributed by atoms with E-state index in [9.17, 15) is 18.0 Å². The van der Waals surface area contributed by atoms with Crippen LogP contribution >= 0.6 is 0 Å². The molecule has 9 heteroatoms. The monoisotopic (exact) mass is 423 g/mol. The van der Waals surface area contributed by atoms with Crippen LogP contribution in [0.1, 0.15) is 42.5 Å². The minimum atomic E-state index is -3.67. The fourth-order valence-corrected chi connectivity index (χ4v) is 5.21. The van der Waals surface area contributed by atoms with Gasteiger partial charge in [-0.25, -0.2) is 13.2 Å². The molecule has 0 radical (unpaired) electrons. The Balaban J connectivity index is 1.91. The van der Waals surface area contributed by atoms with Crippen molar-refractivity contribution in [2.24, 2.45) is 0 Å². The average molecular weight is 424 g/mol. The smallest absolute Gasteiger partial charge is 0.340 e. The van der Waals surface area contributed by atoms with E-state index in [2.05, 4.69) is 4.90 Å². The van der Waals surface area contributed by atoms with Gasteiger partial charge in [0.2, 0.25) is 10.0 Å². The standard InChI is InChI=1S/C20H29N3O5S/c1-21(2)19(24)15-28-20(25)17-14-16(8-9-18(17)22-10-6-7-11-22)29(26,27)23-12-4-3-5-13-23/h8-9,14H,3-7,10-13,15H2,1-2H3. The SMILES string of the molecule is CN(C)C(=O)COC(=O)c1cc(S(=O)(=O)N2CCCCC2)ccc1N1CCCC1.